The monoisotopic (exact) mass is 276 g/mol. The van der Waals surface area contributed by atoms with E-state index in [1.807, 2.05) is 0 Å². The standard InChI is InChI=1S/C12H12N4O2S/c1-16(12(17)10-6-14-7-19-10)9-4-2-3-8(5-9)11(13)15-18/h2-7,18H,1H3,(H2,13,15). The molecule has 0 aliphatic rings. The number of carbonyl (C=O) groups excluding carboxylic acids is 1. The van der Waals surface area contributed by atoms with Crippen molar-refractivity contribution < 1.29 is 10.0 Å². The summed E-state index contributed by atoms with van der Waals surface area (Å²) in [5.74, 6) is -0.153. The van der Waals surface area contributed by atoms with Gasteiger partial charge in [0.2, 0.25) is 0 Å². The first-order valence-electron chi connectivity index (χ1n) is 5.38. The van der Waals surface area contributed by atoms with E-state index >= 15 is 0 Å². The fourth-order valence-electron chi connectivity index (χ4n) is 1.54. The van der Waals surface area contributed by atoms with Gasteiger partial charge in [0.1, 0.15) is 4.88 Å². The highest BCUT2D eigenvalue weighted by Crippen LogP contribution is 2.18. The molecule has 0 saturated carbocycles. The zero-order valence-electron chi connectivity index (χ0n) is 10.1. The molecule has 0 saturated heterocycles. The summed E-state index contributed by atoms with van der Waals surface area (Å²) < 4.78 is 0. The average Bonchev–Trinajstić information content (AvgIpc) is 2.99. The lowest BCUT2D eigenvalue weighted by atomic mass is 10.1. The Morgan fingerprint density at radius 3 is 2.95 bits per heavy atom. The molecule has 1 amide bonds. The van der Waals surface area contributed by atoms with E-state index in [9.17, 15) is 4.79 Å². The van der Waals surface area contributed by atoms with E-state index < -0.39 is 0 Å². The summed E-state index contributed by atoms with van der Waals surface area (Å²) in [6.07, 6.45) is 1.52. The van der Waals surface area contributed by atoms with Gasteiger partial charge in [-0.25, -0.2) is 0 Å². The van der Waals surface area contributed by atoms with Crippen LogP contribution in [0.2, 0.25) is 0 Å². The number of amides is 1. The molecule has 0 bridgehead atoms. The first-order valence-corrected chi connectivity index (χ1v) is 6.26. The molecule has 0 fully saturated rings. The highest BCUT2D eigenvalue weighted by atomic mass is 32.1. The summed E-state index contributed by atoms with van der Waals surface area (Å²) in [6, 6.07) is 6.88. The summed E-state index contributed by atoms with van der Waals surface area (Å²) in [7, 11) is 1.66. The molecule has 0 spiro atoms. The van der Waals surface area contributed by atoms with Gasteiger partial charge in [0, 0.05) is 18.3 Å². The minimum Gasteiger partial charge on any atom is -0.409 e. The summed E-state index contributed by atoms with van der Waals surface area (Å²) >= 11 is 1.28. The fraction of sp³-hybridized carbons (Fsp3) is 0.0833. The first kappa shape index (κ1) is 13.0. The van der Waals surface area contributed by atoms with Crippen molar-refractivity contribution in [2.45, 2.75) is 0 Å². The van der Waals surface area contributed by atoms with Crippen molar-refractivity contribution in [3.05, 3.63) is 46.4 Å². The predicted molar refractivity (Wildman–Crippen MR) is 73.8 cm³/mol. The Hall–Kier alpha value is -2.41. The second kappa shape index (κ2) is 5.49. The van der Waals surface area contributed by atoms with E-state index in [0.717, 1.165) is 0 Å². The molecule has 2 aromatic rings. The number of nitrogens with two attached hydrogens (primary N) is 1. The number of nitrogens with zero attached hydrogens (tertiary/aromatic N) is 3. The van der Waals surface area contributed by atoms with Crippen LogP contribution in [0.4, 0.5) is 5.69 Å². The minimum absolute atomic E-state index is 0.000453. The van der Waals surface area contributed by atoms with Crippen LogP contribution >= 0.6 is 11.3 Å². The molecule has 1 heterocycles. The van der Waals surface area contributed by atoms with Gasteiger partial charge in [-0.1, -0.05) is 17.3 Å². The maximum absolute atomic E-state index is 12.1. The molecule has 1 aromatic heterocycles. The number of oxime groups is 1. The van der Waals surface area contributed by atoms with E-state index in [0.29, 0.717) is 16.1 Å². The third-order valence-corrected chi connectivity index (χ3v) is 3.35. The molecule has 6 nitrogen and oxygen atoms in total. The Balaban J connectivity index is 2.29. The van der Waals surface area contributed by atoms with Gasteiger partial charge in [-0.15, -0.1) is 11.3 Å². The third kappa shape index (κ3) is 2.71. The quantitative estimate of drug-likeness (QED) is 0.385. The van der Waals surface area contributed by atoms with Crippen molar-refractivity contribution in [1.82, 2.24) is 4.98 Å². The molecular formula is C12H12N4O2S. The summed E-state index contributed by atoms with van der Waals surface area (Å²) in [4.78, 5) is 18.1. The number of carbonyl (C=O) groups is 1. The number of rotatable bonds is 3. The topological polar surface area (TPSA) is 91.8 Å². The molecule has 0 atom stereocenters. The summed E-state index contributed by atoms with van der Waals surface area (Å²) in [5, 5.41) is 11.6. The molecule has 3 N–H and O–H groups in total. The van der Waals surface area contributed by atoms with Crippen molar-refractivity contribution >= 4 is 28.8 Å². The smallest absolute Gasteiger partial charge is 0.269 e. The lowest BCUT2D eigenvalue weighted by Crippen LogP contribution is -2.26. The highest BCUT2D eigenvalue weighted by Gasteiger charge is 2.15. The Labute approximate surface area is 113 Å². The number of amidine groups is 1. The number of thiazole rings is 1. The Morgan fingerprint density at radius 1 is 1.53 bits per heavy atom. The van der Waals surface area contributed by atoms with Gasteiger partial charge in [0.15, 0.2) is 5.84 Å². The molecule has 0 aliphatic heterocycles. The average molecular weight is 276 g/mol. The number of hydrogen-bond acceptors (Lipinski definition) is 5. The molecule has 98 valence electrons. The van der Waals surface area contributed by atoms with Crippen LogP contribution in [0.25, 0.3) is 0 Å². The normalized spacial score (nSPS) is 11.3. The molecule has 2 rings (SSSR count). The maximum Gasteiger partial charge on any atom is 0.269 e. The van der Waals surface area contributed by atoms with Crippen molar-refractivity contribution in [2.75, 3.05) is 11.9 Å². The lowest BCUT2D eigenvalue weighted by Gasteiger charge is -2.16. The second-order valence-electron chi connectivity index (χ2n) is 3.77. The van der Waals surface area contributed by atoms with Crippen LogP contribution in [-0.2, 0) is 0 Å². The lowest BCUT2D eigenvalue weighted by molar-refractivity contribution is 0.0996. The Bertz CT molecular complexity index is 610. The predicted octanol–water partition coefficient (Wildman–Crippen LogP) is 1.51. The number of aromatic nitrogens is 1. The van der Waals surface area contributed by atoms with E-state index in [2.05, 4.69) is 10.1 Å². The Kier molecular flexibility index (Phi) is 3.76. The van der Waals surface area contributed by atoms with Gasteiger partial charge >= 0.3 is 0 Å². The zero-order valence-corrected chi connectivity index (χ0v) is 11.0. The van der Waals surface area contributed by atoms with Crippen LogP contribution in [0.3, 0.4) is 0 Å². The van der Waals surface area contributed by atoms with Crippen LogP contribution in [0.5, 0.6) is 0 Å². The van der Waals surface area contributed by atoms with Crippen molar-refractivity contribution in [2.24, 2.45) is 10.9 Å². The second-order valence-corrected chi connectivity index (χ2v) is 4.65. The van der Waals surface area contributed by atoms with Gasteiger partial charge in [-0.05, 0) is 12.1 Å². The van der Waals surface area contributed by atoms with E-state index in [-0.39, 0.29) is 11.7 Å². The number of hydrogen-bond donors (Lipinski definition) is 2. The summed E-state index contributed by atoms with van der Waals surface area (Å²) in [6.45, 7) is 0. The van der Waals surface area contributed by atoms with Crippen molar-refractivity contribution in [1.29, 1.82) is 0 Å². The highest BCUT2D eigenvalue weighted by molar-refractivity contribution is 7.11. The third-order valence-electron chi connectivity index (χ3n) is 2.58. The summed E-state index contributed by atoms with van der Waals surface area (Å²) in [5.41, 5.74) is 8.33. The van der Waals surface area contributed by atoms with Crippen LogP contribution in [0.1, 0.15) is 15.2 Å². The van der Waals surface area contributed by atoms with Crippen LogP contribution in [-0.4, -0.2) is 29.0 Å². The van der Waals surface area contributed by atoms with E-state index in [1.165, 1.54) is 22.4 Å². The molecule has 0 aliphatic carbocycles. The minimum atomic E-state index is -0.154. The van der Waals surface area contributed by atoms with Crippen molar-refractivity contribution in [3.63, 3.8) is 0 Å². The van der Waals surface area contributed by atoms with Crippen LogP contribution in [0, 0.1) is 0 Å². The molecule has 19 heavy (non-hydrogen) atoms. The maximum atomic E-state index is 12.1. The molecule has 0 unspecified atom stereocenters. The molecule has 0 radical (unpaired) electrons. The zero-order chi connectivity index (χ0) is 13.8. The van der Waals surface area contributed by atoms with Gasteiger partial charge in [0.25, 0.3) is 5.91 Å². The largest absolute Gasteiger partial charge is 0.409 e. The van der Waals surface area contributed by atoms with Crippen molar-refractivity contribution in [3.8, 4) is 0 Å². The Morgan fingerprint density at radius 2 is 2.32 bits per heavy atom. The number of benzene rings is 1. The number of anilines is 1. The molecule has 1 aromatic carbocycles. The van der Waals surface area contributed by atoms with Gasteiger partial charge in [0.05, 0.1) is 11.7 Å². The van der Waals surface area contributed by atoms with E-state index in [4.69, 9.17) is 10.9 Å². The fourth-order valence-corrected chi connectivity index (χ4v) is 2.13. The SMILES string of the molecule is CN(C(=O)c1cncs1)c1cccc(/C(N)=N/O)c1. The van der Waals surface area contributed by atoms with Gasteiger partial charge in [-0.3, -0.25) is 9.78 Å². The van der Waals surface area contributed by atoms with Crippen LogP contribution in [0.15, 0.2) is 41.1 Å². The van der Waals surface area contributed by atoms with E-state index in [1.54, 1.807) is 36.8 Å². The molecular weight excluding hydrogens is 264 g/mol. The molecule has 7 heteroatoms. The van der Waals surface area contributed by atoms with Gasteiger partial charge < -0.3 is 15.8 Å². The first-order chi connectivity index (χ1) is 9.13. The van der Waals surface area contributed by atoms with Crippen LogP contribution < -0.4 is 10.6 Å². The van der Waals surface area contributed by atoms with Gasteiger partial charge in [-0.2, -0.15) is 0 Å².